The van der Waals surface area contributed by atoms with E-state index in [1.165, 1.54) is 0 Å². The third kappa shape index (κ3) is 5.27. The summed E-state index contributed by atoms with van der Waals surface area (Å²) in [6, 6.07) is 0. The van der Waals surface area contributed by atoms with Crippen molar-refractivity contribution < 1.29 is 34.0 Å². The minimum absolute atomic E-state index is 0.132. The summed E-state index contributed by atoms with van der Waals surface area (Å²) in [6.07, 6.45) is -4.80. The minimum atomic E-state index is -2.33. The fourth-order valence-corrected chi connectivity index (χ4v) is 3.70. The summed E-state index contributed by atoms with van der Waals surface area (Å²) >= 11 is 0. The number of carbonyl (C=O) groups is 1. The molecule has 8 heteroatoms. The molecule has 1 aliphatic rings. The Bertz CT molecular complexity index is 481. The van der Waals surface area contributed by atoms with Crippen molar-refractivity contribution in [3.8, 4) is 0 Å². The van der Waals surface area contributed by atoms with Gasteiger partial charge in [-0.05, 0) is 38.9 Å². The number of hydrogen-bond acceptors (Lipinski definition) is 7. The quantitative estimate of drug-likeness (QED) is 0.480. The molecule has 0 amide bonds. The highest BCUT2D eigenvalue weighted by molar-refractivity contribution is 6.74. The summed E-state index contributed by atoms with van der Waals surface area (Å²) in [5.74, 6) is -0.469. The summed E-state index contributed by atoms with van der Waals surface area (Å²) < 4.78 is 17.5. The van der Waals surface area contributed by atoms with Crippen LogP contribution in [0.4, 0.5) is 0 Å². The molecule has 0 aromatic heterocycles. The van der Waals surface area contributed by atoms with E-state index in [0.29, 0.717) is 0 Å². The van der Waals surface area contributed by atoms with Gasteiger partial charge in [0.2, 0.25) is 0 Å². The van der Waals surface area contributed by atoms with Crippen molar-refractivity contribution in [2.75, 3.05) is 13.2 Å². The number of carbonyl (C=O) groups excluding carboxylic acids is 1. The predicted octanol–water partition coefficient (Wildman–Crippen LogP) is 1.45. The van der Waals surface area contributed by atoms with E-state index in [4.69, 9.17) is 13.9 Å². The lowest BCUT2D eigenvalue weighted by molar-refractivity contribution is -0.243. The van der Waals surface area contributed by atoms with E-state index >= 15 is 0 Å². The molecule has 0 aromatic carbocycles. The van der Waals surface area contributed by atoms with Crippen molar-refractivity contribution >= 4 is 14.3 Å². The molecule has 1 rings (SSSR count). The predicted molar refractivity (Wildman–Crippen MR) is 100 cm³/mol. The summed E-state index contributed by atoms with van der Waals surface area (Å²) in [5, 5.41) is 29.8. The molecular formula is C18H36O7Si. The van der Waals surface area contributed by atoms with Crippen LogP contribution in [-0.2, 0) is 18.7 Å². The Morgan fingerprint density at radius 2 is 1.50 bits per heavy atom. The van der Waals surface area contributed by atoms with Gasteiger partial charge < -0.3 is 29.2 Å². The second-order valence-electron chi connectivity index (χ2n) is 9.53. The fraction of sp³-hybridized carbons (Fsp3) is 0.944. The maximum Gasteiger partial charge on any atom is 0.311 e. The Morgan fingerprint density at radius 1 is 1.00 bits per heavy atom. The summed E-state index contributed by atoms with van der Waals surface area (Å²) in [4.78, 5) is 12.4. The molecule has 0 bridgehead atoms. The molecule has 0 spiro atoms. The van der Waals surface area contributed by atoms with Gasteiger partial charge in [0.1, 0.15) is 24.4 Å². The highest BCUT2D eigenvalue weighted by Gasteiger charge is 2.52. The van der Waals surface area contributed by atoms with E-state index in [0.717, 1.165) is 0 Å². The number of esters is 1. The van der Waals surface area contributed by atoms with Gasteiger partial charge >= 0.3 is 5.97 Å². The minimum Gasteiger partial charge on any atom is -0.456 e. The number of aliphatic hydroxyl groups excluding tert-OH is 3. The van der Waals surface area contributed by atoms with Crippen LogP contribution < -0.4 is 0 Å². The first-order valence-corrected chi connectivity index (χ1v) is 12.0. The van der Waals surface area contributed by atoms with Gasteiger partial charge in [-0.25, -0.2) is 0 Å². The van der Waals surface area contributed by atoms with Crippen LogP contribution in [0.25, 0.3) is 0 Å². The molecule has 0 radical (unpaired) electrons. The zero-order valence-corrected chi connectivity index (χ0v) is 18.3. The molecule has 3 N–H and O–H groups in total. The Morgan fingerprint density at radius 3 is 1.88 bits per heavy atom. The second kappa shape index (κ2) is 8.24. The molecule has 0 unspecified atom stereocenters. The van der Waals surface area contributed by atoms with Crippen molar-refractivity contribution in [3.05, 3.63) is 0 Å². The molecule has 154 valence electrons. The lowest BCUT2D eigenvalue weighted by Gasteiger charge is -2.48. The van der Waals surface area contributed by atoms with Gasteiger partial charge in [0.05, 0.1) is 18.6 Å². The van der Waals surface area contributed by atoms with Gasteiger partial charge in [0, 0.05) is 0 Å². The third-order valence-electron chi connectivity index (χ3n) is 5.21. The van der Waals surface area contributed by atoms with E-state index in [-0.39, 0.29) is 5.04 Å². The third-order valence-corrected chi connectivity index (χ3v) is 9.68. The van der Waals surface area contributed by atoms with Gasteiger partial charge in [0.15, 0.2) is 14.4 Å². The normalized spacial score (nSPS) is 31.0. The Hall–Kier alpha value is -0.513. The highest BCUT2D eigenvalue weighted by atomic mass is 28.4. The van der Waals surface area contributed by atoms with Crippen LogP contribution in [0.15, 0.2) is 0 Å². The average Bonchev–Trinajstić information content (AvgIpc) is 2.48. The second-order valence-corrected chi connectivity index (χ2v) is 14.3. The van der Waals surface area contributed by atoms with Gasteiger partial charge in [0.25, 0.3) is 0 Å². The summed E-state index contributed by atoms with van der Waals surface area (Å²) in [6.45, 7) is 14.6. The SMILES string of the molecule is CC(C)(C)C(=O)O[C@H]1[C@H](O[Si](C)(C)C(C)(C)C)[C@H](O)[C@H](CO)O[C@@H]1CO. The molecule has 1 fully saturated rings. The summed E-state index contributed by atoms with van der Waals surface area (Å²) in [5.41, 5.74) is -0.750. The molecule has 1 aliphatic heterocycles. The molecule has 0 aliphatic carbocycles. The van der Waals surface area contributed by atoms with E-state index in [1.54, 1.807) is 20.8 Å². The van der Waals surface area contributed by atoms with Crippen LogP contribution in [0.3, 0.4) is 0 Å². The van der Waals surface area contributed by atoms with Crippen molar-refractivity contribution in [2.45, 2.75) is 90.2 Å². The zero-order valence-electron chi connectivity index (χ0n) is 17.3. The molecule has 0 saturated carbocycles. The first-order chi connectivity index (χ1) is 11.7. The topological polar surface area (TPSA) is 105 Å². The van der Waals surface area contributed by atoms with E-state index in [2.05, 4.69) is 20.8 Å². The van der Waals surface area contributed by atoms with Crippen LogP contribution in [0.2, 0.25) is 18.1 Å². The van der Waals surface area contributed by atoms with Gasteiger partial charge in [-0.1, -0.05) is 20.8 Å². The van der Waals surface area contributed by atoms with Crippen LogP contribution in [-0.4, -0.2) is 73.3 Å². The number of rotatable bonds is 5. The molecule has 1 heterocycles. The lowest BCUT2D eigenvalue weighted by Crippen LogP contribution is -2.64. The van der Waals surface area contributed by atoms with Crippen LogP contribution in [0.5, 0.6) is 0 Å². The Balaban J connectivity index is 3.22. The fourth-order valence-electron chi connectivity index (χ4n) is 2.39. The lowest BCUT2D eigenvalue weighted by atomic mass is 9.93. The highest BCUT2D eigenvalue weighted by Crippen LogP contribution is 2.40. The maximum atomic E-state index is 12.4. The first-order valence-electron chi connectivity index (χ1n) is 9.10. The smallest absolute Gasteiger partial charge is 0.311 e. The van der Waals surface area contributed by atoms with Gasteiger partial charge in [-0.3, -0.25) is 4.79 Å². The van der Waals surface area contributed by atoms with E-state index in [1.807, 2.05) is 13.1 Å². The van der Waals surface area contributed by atoms with Crippen LogP contribution in [0.1, 0.15) is 41.5 Å². The Labute approximate surface area is 157 Å². The van der Waals surface area contributed by atoms with Crippen molar-refractivity contribution in [2.24, 2.45) is 5.41 Å². The van der Waals surface area contributed by atoms with E-state index in [9.17, 15) is 20.1 Å². The van der Waals surface area contributed by atoms with Gasteiger partial charge in [-0.15, -0.1) is 0 Å². The molecule has 26 heavy (non-hydrogen) atoms. The van der Waals surface area contributed by atoms with Crippen LogP contribution in [0, 0.1) is 5.41 Å². The summed E-state index contributed by atoms with van der Waals surface area (Å²) in [7, 11) is -2.33. The molecular weight excluding hydrogens is 356 g/mol. The van der Waals surface area contributed by atoms with E-state index < -0.39 is 63.4 Å². The van der Waals surface area contributed by atoms with Gasteiger partial charge in [-0.2, -0.15) is 0 Å². The molecule has 0 aromatic rings. The molecule has 5 atom stereocenters. The van der Waals surface area contributed by atoms with Crippen molar-refractivity contribution in [1.82, 2.24) is 0 Å². The van der Waals surface area contributed by atoms with Crippen LogP contribution >= 0.6 is 0 Å². The zero-order chi connectivity index (χ0) is 20.5. The number of ether oxygens (including phenoxy) is 2. The average molecular weight is 393 g/mol. The number of hydrogen-bond donors (Lipinski definition) is 3. The molecule has 7 nitrogen and oxygen atoms in total. The largest absolute Gasteiger partial charge is 0.456 e. The first kappa shape index (κ1) is 23.5. The van der Waals surface area contributed by atoms with Crippen molar-refractivity contribution in [1.29, 1.82) is 0 Å². The van der Waals surface area contributed by atoms with Crippen molar-refractivity contribution in [3.63, 3.8) is 0 Å². The Kier molecular flexibility index (Phi) is 7.46. The monoisotopic (exact) mass is 392 g/mol. The standard InChI is InChI=1S/C18H36O7Si/c1-17(2,3)16(22)24-14-12(10-20)23-11(9-19)13(21)15(14)25-26(7,8)18(4,5)6/h11-15,19-21H,9-10H2,1-8H3/t11-,12+,13+,14+,15+/m0/s1. The number of aliphatic hydroxyl groups is 3. The molecule has 1 saturated heterocycles. The maximum absolute atomic E-state index is 12.4.